The van der Waals surface area contributed by atoms with E-state index in [0.29, 0.717) is 16.7 Å². The quantitative estimate of drug-likeness (QED) is 0.327. The Bertz CT molecular complexity index is 1100. The summed E-state index contributed by atoms with van der Waals surface area (Å²) in [6.07, 6.45) is 4.08. The molecule has 0 radical (unpaired) electrons. The first-order chi connectivity index (χ1) is 14.8. The summed E-state index contributed by atoms with van der Waals surface area (Å²) in [7, 11) is 0. The van der Waals surface area contributed by atoms with Crippen molar-refractivity contribution in [2.45, 2.75) is 36.4 Å². The average molecular weight is 459 g/mol. The van der Waals surface area contributed by atoms with Crippen LogP contribution in [-0.2, 0) is 17.0 Å². The summed E-state index contributed by atoms with van der Waals surface area (Å²) in [6.45, 7) is 1.59. The van der Waals surface area contributed by atoms with Crippen molar-refractivity contribution in [2.75, 3.05) is 6.61 Å². The van der Waals surface area contributed by atoms with Crippen molar-refractivity contribution in [3.05, 3.63) is 58.8 Å². The molecule has 30 heavy (non-hydrogen) atoms. The second kappa shape index (κ2) is 8.93. The molecule has 1 atom stereocenters. The summed E-state index contributed by atoms with van der Waals surface area (Å²) >= 11 is 9.23. The Morgan fingerprint density at radius 1 is 1.20 bits per heavy atom. The largest absolute Gasteiger partial charge is 0.444 e. The third-order valence-corrected chi connectivity index (χ3v) is 6.98. The summed E-state index contributed by atoms with van der Waals surface area (Å²) in [6, 6.07) is 11.6. The zero-order valence-electron chi connectivity index (χ0n) is 16.0. The lowest BCUT2D eigenvalue weighted by atomic mass is 10.2. The average Bonchev–Trinajstić information content (AvgIpc) is 3.55. The Kier molecular flexibility index (Phi) is 5.90. The van der Waals surface area contributed by atoms with Crippen molar-refractivity contribution >= 4 is 34.7 Å². The van der Waals surface area contributed by atoms with Gasteiger partial charge in [0.1, 0.15) is 6.26 Å². The monoisotopic (exact) mass is 458 g/mol. The molecule has 0 spiro atoms. The van der Waals surface area contributed by atoms with Gasteiger partial charge in [-0.2, -0.15) is 0 Å². The van der Waals surface area contributed by atoms with Crippen LogP contribution in [0.2, 0.25) is 5.02 Å². The minimum Gasteiger partial charge on any atom is -0.444 e. The van der Waals surface area contributed by atoms with Crippen LogP contribution in [0.4, 0.5) is 0 Å². The van der Waals surface area contributed by atoms with E-state index >= 15 is 0 Å². The van der Waals surface area contributed by atoms with Crippen molar-refractivity contribution in [2.24, 2.45) is 0 Å². The van der Waals surface area contributed by atoms with Gasteiger partial charge in [0.05, 0.1) is 23.2 Å². The molecular formula is C21H19ClN4O2S2. The summed E-state index contributed by atoms with van der Waals surface area (Å²) < 4.78 is 13.7. The highest BCUT2D eigenvalue weighted by atomic mass is 35.5. The third-order valence-electron chi connectivity index (χ3n) is 4.86. The molecule has 1 saturated heterocycles. The Balaban J connectivity index is 1.34. The maximum Gasteiger partial charge on any atom is 0.226 e. The van der Waals surface area contributed by atoms with E-state index in [0.717, 1.165) is 53.1 Å². The fourth-order valence-electron chi connectivity index (χ4n) is 3.38. The molecule has 6 nitrogen and oxygen atoms in total. The van der Waals surface area contributed by atoms with Crippen LogP contribution in [-0.4, -0.2) is 32.5 Å². The fourth-order valence-corrected chi connectivity index (χ4v) is 5.05. The number of hydrogen-bond acceptors (Lipinski definition) is 7. The first-order valence-electron chi connectivity index (χ1n) is 9.68. The maximum absolute atomic E-state index is 5.96. The number of hydrogen-bond donors (Lipinski definition) is 0. The molecule has 1 aliphatic heterocycles. The molecule has 1 aliphatic rings. The van der Waals surface area contributed by atoms with Gasteiger partial charge in [-0.25, -0.2) is 4.98 Å². The lowest BCUT2D eigenvalue weighted by molar-refractivity contribution is 0.0953. The Morgan fingerprint density at radius 2 is 2.10 bits per heavy atom. The molecule has 0 amide bonds. The molecule has 0 aliphatic carbocycles. The summed E-state index contributed by atoms with van der Waals surface area (Å²) in [4.78, 5) is 5.71. The molecule has 154 valence electrons. The second-order valence-corrected chi connectivity index (χ2v) is 9.30. The minimum atomic E-state index is 0.211. The van der Waals surface area contributed by atoms with Crippen LogP contribution in [0.3, 0.4) is 0 Å². The first-order valence-corrected chi connectivity index (χ1v) is 11.9. The predicted octanol–water partition coefficient (Wildman–Crippen LogP) is 5.79. The van der Waals surface area contributed by atoms with Crippen LogP contribution in [0, 0.1) is 0 Å². The number of thioether (sulfide) groups is 1. The minimum absolute atomic E-state index is 0.211. The van der Waals surface area contributed by atoms with E-state index in [4.69, 9.17) is 20.8 Å². The van der Waals surface area contributed by atoms with E-state index in [2.05, 4.69) is 31.2 Å². The van der Waals surface area contributed by atoms with Gasteiger partial charge < -0.3 is 9.15 Å². The molecule has 1 aromatic carbocycles. The van der Waals surface area contributed by atoms with Crippen molar-refractivity contribution < 1.29 is 9.15 Å². The zero-order valence-corrected chi connectivity index (χ0v) is 18.4. The first kappa shape index (κ1) is 19.8. The normalized spacial score (nSPS) is 16.4. The molecule has 0 saturated carbocycles. The Labute approximate surface area is 187 Å². The number of halogens is 1. The van der Waals surface area contributed by atoms with Gasteiger partial charge >= 0.3 is 0 Å². The van der Waals surface area contributed by atoms with E-state index in [1.165, 1.54) is 0 Å². The van der Waals surface area contributed by atoms with Crippen LogP contribution in [0.5, 0.6) is 0 Å². The number of thiophene rings is 1. The molecule has 5 rings (SSSR count). The van der Waals surface area contributed by atoms with Gasteiger partial charge in [-0.3, -0.25) is 4.57 Å². The second-order valence-electron chi connectivity index (χ2n) is 6.97. The van der Waals surface area contributed by atoms with Crippen LogP contribution in [0.15, 0.2) is 57.6 Å². The number of aromatic nitrogens is 4. The molecule has 4 heterocycles. The van der Waals surface area contributed by atoms with Gasteiger partial charge in [0.25, 0.3) is 0 Å². The van der Waals surface area contributed by atoms with E-state index < -0.39 is 0 Å². The number of nitrogens with zero attached hydrogens (tertiary/aromatic N) is 4. The fraction of sp³-hybridized carbons (Fsp3) is 0.286. The Hall–Kier alpha value is -2.13. The van der Waals surface area contributed by atoms with Crippen molar-refractivity contribution in [3.63, 3.8) is 0 Å². The number of oxazole rings is 1. The van der Waals surface area contributed by atoms with Crippen LogP contribution < -0.4 is 0 Å². The van der Waals surface area contributed by atoms with Gasteiger partial charge in [-0.1, -0.05) is 29.4 Å². The van der Waals surface area contributed by atoms with E-state index in [1.807, 2.05) is 30.3 Å². The van der Waals surface area contributed by atoms with Gasteiger partial charge in [0.2, 0.25) is 5.89 Å². The zero-order chi connectivity index (χ0) is 20.3. The highest BCUT2D eigenvalue weighted by Gasteiger charge is 2.22. The number of ether oxygens (including phenoxy) is 1. The smallest absolute Gasteiger partial charge is 0.226 e. The van der Waals surface area contributed by atoms with Crippen molar-refractivity contribution in [1.29, 1.82) is 0 Å². The summed E-state index contributed by atoms with van der Waals surface area (Å²) in [5.41, 5.74) is 1.76. The number of benzene rings is 1. The predicted molar refractivity (Wildman–Crippen MR) is 119 cm³/mol. The van der Waals surface area contributed by atoms with E-state index in [-0.39, 0.29) is 6.10 Å². The lowest BCUT2D eigenvalue weighted by Crippen LogP contribution is -2.16. The molecular weight excluding hydrogens is 440 g/mol. The molecule has 1 unspecified atom stereocenters. The SMILES string of the molecule is Clc1ccc(-c2nc(CSc3nnc(-c4cccs4)n3CC3CCCO3)co2)cc1. The summed E-state index contributed by atoms with van der Waals surface area (Å²) in [5.74, 6) is 2.12. The van der Waals surface area contributed by atoms with Gasteiger partial charge in [-0.05, 0) is 48.6 Å². The molecule has 0 bridgehead atoms. The van der Waals surface area contributed by atoms with Gasteiger partial charge in [0.15, 0.2) is 11.0 Å². The summed E-state index contributed by atoms with van der Waals surface area (Å²) in [5, 5.41) is 12.5. The molecule has 4 aromatic rings. The van der Waals surface area contributed by atoms with E-state index in [9.17, 15) is 0 Å². The third kappa shape index (κ3) is 4.32. The topological polar surface area (TPSA) is 66.0 Å². The van der Waals surface area contributed by atoms with Crippen molar-refractivity contribution in [1.82, 2.24) is 19.7 Å². The molecule has 1 fully saturated rings. The highest BCUT2D eigenvalue weighted by Crippen LogP contribution is 2.31. The van der Waals surface area contributed by atoms with Crippen LogP contribution in [0.1, 0.15) is 18.5 Å². The van der Waals surface area contributed by atoms with Gasteiger partial charge in [0, 0.05) is 22.9 Å². The maximum atomic E-state index is 5.96. The molecule has 0 N–H and O–H groups in total. The van der Waals surface area contributed by atoms with Gasteiger partial charge in [-0.15, -0.1) is 21.5 Å². The molecule has 9 heteroatoms. The standard InChI is InChI=1S/C21H19ClN4O2S2/c22-15-7-5-14(6-8-15)20-23-16(12-28-20)13-30-21-25-24-19(18-4-2-10-29-18)26(21)11-17-3-1-9-27-17/h2,4-8,10,12,17H,1,3,9,11,13H2. The lowest BCUT2D eigenvalue weighted by Gasteiger charge is -2.13. The van der Waals surface area contributed by atoms with Crippen LogP contribution >= 0.6 is 34.7 Å². The van der Waals surface area contributed by atoms with E-state index in [1.54, 1.807) is 29.4 Å². The van der Waals surface area contributed by atoms with Crippen LogP contribution in [0.25, 0.3) is 22.2 Å². The number of rotatable bonds is 7. The highest BCUT2D eigenvalue weighted by molar-refractivity contribution is 7.98. The Morgan fingerprint density at radius 3 is 2.87 bits per heavy atom. The van der Waals surface area contributed by atoms with Crippen molar-refractivity contribution in [3.8, 4) is 22.2 Å². The molecule has 3 aromatic heterocycles.